The van der Waals surface area contributed by atoms with Crippen LogP contribution in [0.4, 0.5) is 4.39 Å². The fraction of sp³-hybridized carbons (Fsp3) is 0.100. The van der Waals surface area contributed by atoms with Crippen LogP contribution in [0.15, 0.2) is 53.1 Å². The molecular formula is C20H14FN2O+. The Labute approximate surface area is 138 Å². The summed E-state index contributed by atoms with van der Waals surface area (Å²) in [5, 5.41) is 10.7. The summed E-state index contributed by atoms with van der Waals surface area (Å²) in [6.07, 6.45) is 1.97. The number of hydrogen-bond acceptors (Lipinski definition) is 2. The number of pyridine rings is 1. The fourth-order valence-corrected chi connectivity index (χ4v) is 3.19. The number of benzene rings is 2. The predicted molar refractivity (Wildman–Crippen MR) is 89.7 cm³/mol. The highest BCUT2D eigenvalue weighted by atomic mass is 19.1. The van der Waals surface area contributed by atoms with Crippen LogP contribution in [0.5, 0.6) is 0 Å². The van der Waals surface area contributed by atoms with E-state index in [4.69, 9.17) is 4.42 Å². The molecule has 0 saturated carbocycles. The first-order valence-electron chi connectivity index (χ1n) is 7.60. The van der Waals surface area contributed by atoms with Gasteiger partial charge in [-0.2, -0.15) is 5.26 Å². The molecule has 4 rings (SSSR count). The summed E-state index contributed by atoms with van der Waals surface area (Å²) in [5.74, 6) is -0.436. The van der Waals surface area contributed by atoms with E-state index < -0.39 is 5.82 Å². The van der Waals surface area contributed by atoms with E-state index in [1.54, 1.807) is 0 Å². The Hall–Kier alpha value is -3.19. The molecule has 2 heterocycles. The van der Waals surface area contributed by atoms with Crippen molar-refractivity contribution in [3.05, 3.63) is 65.6 Å². The Kier molecular flexibility index (Phi) is 3.10. The quantitative estimate of drug-likeness (QED) is 0.488. The van der Waals surface area contributed by atoms with Gasteiger partial charge in [0.1, 0.15) is 24.5 Å². The molecule has 0 bridgehead atoms. The largest absolute Gasteiger partial charge is 0.454 e. The SMILES string of the molecule is Cc1ccc2c(oc3c(C#N)cc(F)cc32)c1-c1cccc[n+]1C. The smallest absolute Gasteiger partial charge is 0.216 e. The van der Waals surface area contributed by atoms with Crippen LogP contribution < -0.4 is 4.57 Å². The molecule has 24 heavy (non-hydrogen) atoms. The molecule has 0 fully saturated rings. The second-order valence-corrected chi connectivity index (χ2v) is 5.87. The van der Waals surface area contributed by atoms with Crippen LogP contribution in [0.3, 0.4) is 0 Å². The number of nitrogens with zero attached hydrogens (tertiary/aromatic N) is 2. The van der Waals surface area contributed by atoms with Crippen LogP contribution >= 0.6 is 0 Å². The zero-order valence-corrected chi connectivity index (χ0v) is 13.3. The predicted octanol–water partition coefficient (Wildman–Crippen LogP) is 4.40. The molecular weight excluding hydrogens is 303 g/mol. The number of halogens is 1. The monoisotopic (exact) mass is 317 g/mol. The minimum Gasteiger partial charge on any atom is -0.454 e. The summed E-state index contributed by atoms with van der Waals surface area (Å²) in [7, 11) is 1.97. The molecule has 4 heteroatoms. The first kappa shape index (κ1) is 14.4. The molecule has 4 aromatic rings. The van der Waals surface area contributed by atoms with Gasteiger partial charge in [0.25, 0.3) is 0 Å². The second-order valence-electron chi connectivity index (χ2n) is 5.87. The lowest BCUT2D eigenvalue weighted by Crippen LogP contribution is -2.30. The molecule has 0 atom stereocenters. The molecule has 0 unspecified atom stereocenters. The molecule has 0 N–H and O–H groups in total. The number of fused-ring (bicyclic) bond motifs is 3. The standard InChI is InChI=1S/C20H14FN2O/c1-12-6-7-15-16-10-14(21)9-13(11-22)19(16)24-20(15)18(12)17-5-3-4-8-23(17)2/h3-10H,1-2H3/q+1. The molecule has 0 radical (unpaired) electrons. The minimum absolute atomic E-state index is 0.210. The van der Waals surface area contributed by atoms with E-state index >= 15 is 0 Å². The van der Waals surface area contributed by atoms with E-state index in [2.05, 4.69) is 0 Å². The average molecular weight is 317 g/mol. The van der Waals surface area contributed by atoms with E-state index in [1.165, 1.54) is 12.1 Å². The van der Waals surface area contributed by atoms with Crippen molar-refractivity contribution in [3.8, 4) is 17.3 Å². The Balaban J connectivity index is 2.20. The molecule has 116 valence electrons. The van der Waals surface area contributed by atoms with Gasteiger partial charge in [0, 0.05) is 22.9 Å². The van der Waals surface area contributed by atoms with E-state index in [-0.39, 0.29) is 5.56 Å². The zero-order valence-electron chi connectivity index (χ0n) is 13.3. The molecule has 3 nitrogen and oxygen atoms in total. The van der Waals surface area contributed by atoms with Gasteiger partial charge < -0.3 is 4.42 Å². The van der Waals surface area contributed by atoms with Crippen molar-refractivity contribution in [1.29, 1.82) is 5.26 Å². The number of rotatable bonds is 1. The molecule has 0 amide bonds. The third-order valence-corrected chi connectivity index (χ3v) is 4.35. The summed E-state index contributed by atoms with van der Waals surface area (Å²) >= 11 is 0. The first-order chi connectivity index (χ1) is 11.6. The number of nitriles is 1. The van der Waals surface area contributed by atoms with E-state index in [0.29, 0.717) is 16.6 Å². The van der Waals surface area contributed by atoms with Crippen molar-refractivity contribution in [3.63, 3.8) is 0 Å². The van der Waals surface area contributed by atoms with Crippen molar-refractivity contribution < 1.29 is 13.4 Å². The number of hydrogen-bond donors (Lipinski definition) is 0. The van der Waals surface area contributed by atoms with Gasteiger partial charge in [-0.15, -0.1) is 0 Å². The number of furan rings is 1. The van der Waals surface area contributed by atoms with E-state index in [0.717, 1.165) is 22.2 Å². The highest BCUT2D eigenvalue weighted by Gasteiger charge is 2.21. The molecule has 0 aliphatic carbocycles. The molecule has 0 saturated heterocycles. The molecule has 0 aliphatic rings. The van der Waals surface area contributed by atoms with E-state index in [9.17, 15) is 9.65 Å². The van der Waals surface area contributed by atoms with Gasteiger partial charge in [0.2, 0.25) is 5.69 Å². The van der Waals surface area contributed by atoms with Gasteiger partial charge in [-0.3, -0.25) is 0 Å². The Morgan fingerprint density at radius 3 is 2.67 bits per heavy atom. The number of aromatic nitrogens is 1. The Morgan fingerprint density at radius 1 is 1.08 bits per heavy atom. The summed E-state index contributed by atoms with van der Waals surface area (Å²) in [6, 6.07) is 14.5. The maximum atomic E-state index is 13.9. The van der Waals surface area contributed by atoms with Crippen LogP contribution in [0.25, 0.3) is 33.2 Å². The first-order valence-corrected chi connectivity index (χ1v) is 7.60. The van der Waals surface area contributed by atoms with Crippen LogP contribution in [-0.2, 0) is 7.05 Å². The lowest BCUT2D eigenvalue weighted by molar-refractivity contribution is -0.660. The van der Waals surface area contributed by atoms with Crippen LogP contribution in [-0.4, -0.2) is 0 Å². The second kappa shape index (κ2) is 5.17. The molecule has 2 aromatic carbocycles. The van der Waals surface area contributed by atoms with Crippen LogP contribution in [0, 0.1) is 24.1 Å². The van der Waals surface area contributed by atoms with Crippen molar-refractivity contribution in [2.24, 2.45) is 7.05 Å². The fourth-order valence-electron chi connectivity index (χ4n) is 3.19. The lowest BCUT2D eigenvalue weighted by atomic mass is 10.0. The summed E-state index contributed by atoms with van der Waals surface area (Å²) in [6.45, 7) is 2.01. The average Bonchev–Trinajstić information content (AvgIpc) is 2.93. The molecule has 2 aromatic heterocycles. The van der Waals surface area contributed by atoms with Gasteiger partial charge in [0.05, 0.1) is 11.1 Å². The van der Waals surface area contributed by atoms with Crippen molar-refractivity contribution >= 4 is 21.9 Å². The topological polar surface area (TPSA) is 40.8 Å². The maximum absolute atomic E-state index is 13.9. The summed E-state index contributed by atoms with van der Waals surface area (Å²) in [4.78, 5) is 0. The van der Waals surface area contributed by atoms with Gasteiger partial charge in [-0.05, 0) is 30.7 Å². The zero-order chi connectivity index (χ0) is 16.8. The van der Waals surface area contributed by atoms with Gasteiger partial charge in [-0.1, -0.05) is 12.1 Å². The van der Waals surface area contributed by atoms with Crippen LogP contribution in [0.1, 0.15) is 11.1 Å². The third kappa shape index (κ3) is 1.99. The summed E-state index contributed by atoms with van der Waals surface area (Å²) in [5.41, 5.74) is 4.33. The van der Waals surface area contributed by atoms with Gasteiger partial charge >= 0.3 is 0 Å². The Morgan fingerprint density at radius 2 is 1.92 bits per heavy atom. The highest BCUT2D eigenvalue weighted by molar-refractivity contribution is 6.10. The Bertz CT molecular complexity index is 1150. The summed E-state index contributed by atoms with van der Waals surface area (Å²) < 4.78 is 21.9. The lowest BCUT2D eigenvalue weighted by Gasteiger charge is -2.04. The van der Waals surface area contributed by atoms with Crippen molar-refractivity contribution in [2.75, 3.05) is 0 Å². The number of aryl methyl sites for hydroxylation is 2. The third-order valence-electron chi connectivity index (χ3n) is 4.35. The maximum Gasteiger partial charge on any atom is 0.216 e. The minimum atomic E-state index is -0.436. The van der Waals surface area contributed by atoms with Crippen LogP contribution in [0.2, 0.25) is 0 Å². The molecule has 0 aliphatic heterocycles. The van der Waals surface area contributed by atoms with Crippen molar-refractivity contribution in [1.82, 2.24) is 0 Å². The molecule has 0 spiro atoms. The normalized spacial score (nSPS) is 11.1. The van der Waals surface area contributed by atoms with Crippen molar-refractivity contribution in [2.45, 2.75) is 6.92 Å². The highest BCUT2D eigenvalue weighted by Crippen LogP contribution is 2.38. The van der Waals surface area contributed by atoms with E-state index in [1.807, 2.05) is 61.1 Å². The van der Waals surface area contributed by atoms with Gasteiger partial charge in [0.15, 0.2) is 11.8 Å². The van der Waals surface area contributed by atoms with Gasteiger partial charge in [-0.25, -0.2) is 8.96 Å².